The zero-order chi connectivity index (χ0) is 13.2. The van der Waals surface area contributed by atoms with E-state index in [1.165, 1.54) is 0 Å². The first-order valence-corrected chi connectivity index (χ1v) is 5.81. The molecule has 90 valence electrons. The summed E-state index contributed by atoms with van der Waals surface area (Å²) in [5.74, 6) is -0.251. The van der Waals surface area contributed by atoms with E-state index in [1.807, 2.05) is 31.2 Å². The quantitative estimate of drug-likeness (QED) is 0.744. The van der Waals surface area contributed by atoms with Gasteiger partial charge in [0, 0.05) is 5.92 Å². The van der Waals surface area contributed by atoms with Gasteiger partial charge in [0.1, 0.15) is 6.10 Å². The molecular weight excluding hydrogens is 224 g/mol. The van der Waals surface area contributed by atoms with E-state index in [-0.39, 0.29) is 5.92 Å². The summed E-state index contributed by atoms with van der Waals surface area (Å²) < 4.78 is 5.66. The van der Waals surface area contributed by atoms with Gasteiger partial charge in [0.25, 0.3) is 0 Å². The van der Waals surface area contributed by atoms with Crippen LogP contribution < -0.4 is 0 Å². The average molecular weight is 238 g/mol. The molecule has 0 bridgehead atoms. The summed E-state index contributed by atoms with van der Waals surface area (Å²) in [5.41, 5.74) is 0.835. The van der Waals surface area contributed by atoms with Crippen molar-refractivity contribution < 1.29 is 4.74 Å². The molecule has 2 rings (SSSR count). The third kappa shape index (κ3) is 1.70. The van der Waals surface area contributed by atoms with Gasteiger partial charge in [-0.25, -0.2) is 0 Å². The molecule has 1 heterocycles. The largest absolute Gasteiger partial charge is 0.370 e. The zero-order valence-corrected chi connectivity index (χ0v) is 10.3. The van der Waals surface area contributed by atoms with E-state index >= 15 is 0 Å². The fourth-order valence-corrected chi connectivity index (χ4v) is 2.32. The number of aryl methyl sites for hydroxylation is 1. The number of rotatable bonds is 2. The predicted molar refractivity (Wildman–Crippen MR) is 67.2 cm³/mol. The minimum atomic E-state index is -1.17. The number of hydrogen-bond donors (Lipinski definition) is 0. The molecule has 0 radical (unpaired) electrons. The first-order valence-electron chi connectivity index (χ1n) is 5.81. The van der Waals surface area contributed by atoms with Crippen LogP contribution in [0.25, 0.3) is 0 Å². The van der Waals surface area contributed by atoms with Crippen molar-refractivity contribution in [1.82, 2.24) is 0 Å². The summed E-state index contributed by atoms with van der Waals surface area (Å²) >= 11 is 0. The highest BCUT2D eigenvalue weighted by atomic mass is 16.5. The molecule has 3 heteroatoms. The molecule has 1 fully saturated rings. The van der Waals surface area contributed by atoms with Crippen LogP contribution in [-0.4, -0.2) is 6.61 Å². The van der Waals surface area contributed by atoms with E-state index in [2.05, 4.69) is 18.7 Å². The Morgan fingerprint density at radius 1 is 1.33 bits per heavy atom. The van der Waals surface area contributed by atoms with E-state index in [0.717, 1.165) is 11.1 Å². The van der Waals surface area contributed by atoms with Gasteiger partial charge in [0.15, 0.2) is 5.41 Å². The van der Waals surface area contributed by atoms with Crippen LogP contribution in [0.5, 0.6) is 0 Å². The third-order valence-corrected chi connectivity index (χ3v) is 3.48. The van der Waals surface area contributed by atoms with Crippen molar-refractivity contribution in [3.63, 3.8) is 0 Å². The molecule has 1 aliphatic heterocycles. The standard InChI is InChI=1S/C15H14N2O/c1-3-13-8-18-14(15(13,9-16)10-17)12-6-4-11(2)5-7-12/h3-7,13-14H,1,8H2,2H3. The van der Waals surface area contributed by atoms with Crippen molar-refractivity contribution in [3.8, 4) is 12.1 Å². The van der Waals surface area contributed by atoms with Crippen LogP contribution in [0.2, 0.25) is 0 Å². The summed E-state index contributed by atoms with van der Waals surface area (Å²) in [6.45, 7) is 6.05. The van der Waals surface area contributed by atoms with Crippen molar-refractivity contribution in [2.45, 2.75) is 13.0 Å². The Labute approximate surface area is 107 Å². The highest BCUT2D eigenvalue weighted by molar-refractivity contribution is 5.34. The van der Waals surface area contributed by atoms with Gasteiger partial charge in [0.05, 0.1) is 18.7 Å². The van der Waals surface area contributed by atoms with Gasteiger partial charge in [-0.2, -0.15) is 10.5 Å². The number of benzene rings is 1. The summed E-state index contributed by atoms with van der Waals surface area (Å²) in [6, 6.07) is 12.0. The van der Waals surface area contributed by atoms with E-state index in [9.17, 15) is 10.5 Å². The minimum absolute atomic E-state index is 0.251. The Morgan fingerprint density at radius 3 is 2.44 bits per heavy atom. The van der Waals surface area contributed by atoms with Gasteiger partial charge in [-0.3, -0.25) is 0 Å². The van der Waals surface area contributed by atoms with Crippen LogP contribution in [-0.2, 0) is 4.74 Å². The van der Waals surface area contributed by atoms with Crippen LogP contribution >= 0.6 is 0 Å². The van der Waals surface area contributed by atoms with E-state index < -0.39 is 11.5 Å². The fourth-order valence-electron chi connectivity index (χ4n) is 2.32. The molecular formula is C15H14N2O. The second-order valence-corrected chi connectivity index (χ2v) is 4.56. The van der Waals surface area contributed by atoms with Crippen molar-refractivity contribution in [2.24, 2.45) is 11.3 Å². The second kappa shape index (κ2) is 4.64. The summed E-state index contributed by atoms with van der Waals surface area (Å²) in [4.78, 5) is 0. The summed E-state index contributed by atoms with van der Waals surface area (Å²) in [6.07, 6.45) is 1.14. The van der Waals surface area contributed by atoms with Crippen LogP contribution in [0.15, 0.2) is 36.9 Å². The molecule has 3 nitrogen and oxygen atoms in total. The van der Waals surface area contributed by atoms with Crippen molar-refractivity contribution >= 4 is 0 Å². The molecule has 0 aromatic heterocycles. The normalized spacial score (nSPS) is 25.1. The zero-order valence-electron chi connectivity index (χ0n) is 10.3. The Morgan fingerprint density at radius 2 is 1.94 bits per heavy atom. The van der Waals surface area contributed by atoms with Gasteiger partial charge in [-0.15, -0.1) is 6.58 Å². The molecule has 18 heavy (non-hydrogen) atoms. The Balaban J connectivity index is 2.46. The van der Waals surface area contributed by atoms with Crippen molar-refractivity contribution in [2.75, 3.05) is 6.61 Å². The molecule has 1 aromatic rings. The minimum Gasteiger partial charge on any atom is -0.370 e. The van der Waals surface area contributed by atoms with E-state index in [1.54, 1.807) is 6.08 Å². The molecule has 1 aromatic carbocycles. The summed E-state index contributed by atoms with van der Waals surface area (Å²) in [7, 11) is 0. The first kappa shape index (κ1) is 12.4. The Bertz CT molecular complexity index is 519. The lowest BCUT2D eigenvalue weighted by atomic mass is 9.74. The highest BCUT2D eigenvalue weighted by Crippen LogP contribution is 2.48. The lowest BCUT2D eigenvalue weighted by molar-refractivity contribution is 0.0863. The molecule has 0 amide bonds. The number of hydrogen-bond acceptors (Lipinski definition) is 3. The summed E-state index contributed by atoms with van der Waals surface area (Å²) in [5, 5.41) is 18.8. The van der Waals surface area contributed by atoms with Gasteiger partial charge in [0.2, 0.25) is 0 Å². The molecule has 0 N–H and O–H groups in total. The van der Waals surface area contributed by atoms with Crippen molar-refractivity contribution in [1.29, 1.82) is 10.5 Å². The maximum absolute atomic E-state index is 9.40. The smallest absolute Gasteiger partial charge is 0.182 e. The van der Waals surface area contributed by atoms with Gasteiger partial charge >= 0.3 is 0 Å². The average Bonchev–Trinajstić information content (AvgIpc) is 2.78. The molecule has 0 saturated carbocycles. The third-order valence-electron chi connectivity index (χ3n) is 3.48. The fraction of sp³-hybridized carbons (Fsp3) is 0.333. The topological polar surface area (TPSA) is 56.8 Å². The van der Waals surface area contributed by atoms with Crippen LogP contribution in [0.4, 0.5) is 0 Å². The number of nitrogens with zero attached hydrogens (tertiary/aromatic N) is 2. The second-order valence-electron chi connectivity index (χ2n) is 4.56. The molecule has 2 unspecified atom stereocenters. The van der Waals surface area contributed by atoms with Gasteiger partial charge < -0.3 is 4.74 Å². The number of ether oxygens (including phenoxy) is 1. The Hall–Kier alpha value is -2.10. The van der Waals surface area contributed by atoms with Gasteiger partial charge in [-0.1, -0.05) is 35.9 Å². The number of nitriles is 2. The molecule has 1 saturated heterocycles. The van der Waals surface area contributed by atoms with Crippen LogP contribution in [0.1, 0.15) is 17.2 Å². The van der Waals surface area contributed by atoms with E-state index in [0.29, 0.717) is 6.61 Å². The Kier molecular flexibility index (Phi) is 3.19. The molecule has 2 atom stereocenters. The molecule has 1 aliphatic rings. The predicted octanol–water partition coefficient (Wildman–Crippen LogP) is 2.90. The lowest BCUT2D eigenvalue weighted by Gasteiger charge is -2.23. The maximum Gasteiger partial charge on any atom is 0.182 e. The monoisotopic (exact) mass is 238 g/mol. The lowest BCUT2D eigenvalue weighted by Crippen LogP contribution is -2.27. The highest BCUT2D eigenvalue weighted by Gasteiger charge is 2.52. The van der Waals surface area contributed by atoms with E-state index in [4.69, 9.17) is 4.74 Å². The van der Waals surface area contributed by atoms with Crippen molar-refractivity contribution in [3.05, 3.63) is 48.0 Å². The SMILES string of the molecule is C=CC1COC(c2ccc(C)cc2)C1(C#N)C#N. The van der Waals surface area contributed by atoms with Gasteiger partial charge in [-0.05, 0) is 12.5 Å². The van der Waals surface area contributed by atoms with Crippen LogP contribution in [0, 0.1) is 40.9 Å². The molecule has 0 spiro atoms. The molecule has 0 aliphatic carbocycles. The first-order chi connectivity index (χ1) is 8.67. The van der Waals surface area contributed by atoms with Crippen LogP contribution in [0.3, 0.4) is 0 Å². The maximum atomic E-state index is 9.40.